The van der Waals surface area contributed by atoms with Crippen molar-refractivity contribution in [2.24, 2.45) is 0 Å². The standard InChI is InChI=1S/C14H14ClN3O2/c15-13-2-1-12(9-14(13)18(19)20)10-17-8-5-11-3-6-16-7-4-11/h1-4,6-7,9,17H,5,8,10H2. The average molecular weight is 292 g/mol. The number of nitro benzene ring substituents is 1. The van der Waals surface area contributed by atoms with Crippen molar-refractivity contribution in [1.29, 1.82) is 0 Å². The molecule has 2 aromatic rings. The summed E-state index contributed by atoms with van der Waals surface area (Å²) in [5.41, 5.74) is 1.99. The predicted molar refractivity (Wildman–Crippen MR) is 77.8 cm³/mol. The second kappa shape index (κ2) is 6.98. The average Bonchev–Trinajstić information content (AvgIpc) is 2.46. The first-order valence-corrected chi connectivity index (χ1v) is 6.57. The van der Waals surface area contributed by atoms with Crippen LogP contribution >= 0.6 is 11.6 Å². The van der Waals surface area contributed by atoms with E-state index in [9.17, 15) is 10.1 Å². The van der Waals surface area contributed by atoms with E-state index in [2.05, 4.69) is 10.3 Å². The lowest BCUT2D eigenvalue weighted by molar-refractivity contribution is -0.384. The molecule has 0 aliphatic carbocycles. The minimum absolute atomic E-state index is 0.0555. The van der Waals surface area contributed by atoms with Gasteiger partial charge in [-0.25, -0.2) is 0 Å². The molecule has 5 nitrogen and oxygen atoms in total. The van der Waals surface area contributed by atoms with Crippen LogP contribution in [0, 0.1) is 10.1 Å². The molecule has 104 valence electrons. The number of hydrogen-bond donors (Lipinski definition) is 1. The van der Waals surface area contributed by atoms with Crippen molar-refractivity contribution in [3.8, 4) is 0 Å². The Kier molecular flexibility index (Phi) is 5.03. The Labute approximate surface area is 121 Å². The van der Waals surface area contributed by atoms with Crippen LogP contribution in [-0.2, 0) is 13.0 Å². The lowest BCUT2D eigenvalue weighted by Gasteiger charge is -2.05. The number of benzene rings is 1. The van der Waals surface area contributed by atoms with Gasteiger partial charge in [-0.2, -0.15) is 0 Å². The van der Waals surface area contributed by atoms with Crippen molar-refractivity contribution in [3.05, 3.63) is 69.0 Å². The third-order valence-corrected chi connectivity index (χ3v) is 3.20. The molecule has 0 radical (unpaired) electrons. The van der Waals surface area contributed by atoms with Crippen LogP contribution in [0.25, 0.3) is 0 Å². The topological polar surface area (TPSA) is 68.1 Å². The van der Waals surface area contributed by atoms with E-state index >= 15 is 0 Å². The Morgan fingerprint density at radius 3 is 2.65 bits per heavy atom. The molecule has 0 unspecified atom stereocenters. The van der Waals surface area contributed by atoms with Crippen molar-refractivity contribution < 1.29 is 4.92 Å². The maximum Gasteiger partial charge on any atom is 0.288 e. The number of halogens is 1. The van der Waals surface area contributed by atoms with Crippen LogP contribution in [0.3, 0.4) is 0 Å². The largest absolute Gasteiger partial charge is 0.312 e. The van der Waals surface area contributed by atoms with Gasteiger partial charge in [-0.05, 0) is 42.3 Å². The van der Waals surface area contributed by atoms with E-state index in [1.807, 2.05) is 12.1 Å². The van der Waals surface area contributed by atoms with Gasteiger partial charge in [-0.15, -0.1) is 0 Å². The third kappa shape index (κ3) is 4.01. The molecule has 1 N–H and O–H groups in total. The molecule has 1 heterocycles. The Balaban J connectivity index is 1.85. The van der Waals surface area contributed by atoms with Crippen LogP contribution in [0.15, 0.2) is 42.7 Å². The monoisotopic (exact) mass is 291 g/mol. The molecule has 0 saturated heterocycles. The summed E-state index contributed by atoms with van der Waals surface area (Å²) in [6.07, 6.45) is 4.41. The van der Waals surface area contributed by atoms with Crippen LogP contribution in [0.1, 0.15) is 11.1 Å². The highest BCUT2D eigenvalue weighted by molar-refractivity contribution is 6.32. The molecule has 0 bridgehead atoms. The van der Waals surface area contributed by atoms with Gasteiger partial charge in [-0.3, -0.25) is 15.1 Å². The highest BCUT2D eigenvalue weighted by Gasteiger charge is 2.12. The summed E-state index contributed by atoms with van der Waals surface area (Å²) in [5.74, 6) is 0. The number of hydrogen-bond acceptors (Lipinski definition) is 4. The smallest absolute Gasteiger partial charge is 0.288 e. The number of nitro groups is 1. The van der Waals surface area contributed by atoms with E-state index in [0.717, 1.165) is 18.5 Å². The van der Waals surface area contributed by atoms with Gasteiger partial charge in [0.25, 0.3) is 5.69 Å². The summed E-state index contributed by atoms with van der Waals surface area (Å²) in [7, 11) is 0. The normalized spacial score (nSPS) is 10.4. The lowest BCUT2D eigenvalue weighted by Crippen LogP contribution is -2.16. The minimum atomic E-state index is -0.469. The van der Waals surface area contributed by atoms with E-state index in [1.165, 1.54) is 11.6 Å². The number of pyridine rings is 1. The molecular formula is C14H14ClN3O2. The maximum absolute atomic E-state index is 10.8. The summed E-state index contributed by atoms with van der Waals surface area (Å²) < 4.78 is 0. The molecular weight excluding hydrogens is 278 g/mol. The van der Waals surface area contributed by atoms with Gasteiger partial charge in [0.05, 0.1) is 4.92 Å². The fraction of sp³-hybridized carbons (Fsp3) is 0.214. The zero-order chi connectivity index (χ0) is 14.4. The highest BCUT2D eigenvalue weighted by Crippen LogP contribution is 2.24. The molecule has 0 aliphatic rings. The molecule has 2 rings (SSSR count). The van der Waals surface area contributed by atoms with E-state index in [0.29, 0.717) is 6.54 Å². The summed E-state index contributed by atoms with van der Waals surface area (Å²) in [6.45, 7) is 1.36. The molecule has 0 spiro atoms. The molecule has 6 heteroatoms. The molecule has 20 heavy (non-hydrogen) atoms. The summed E-state index contributed by atoms with van der Waals surface area (Å²) in [6, 6.07) is 8.78. The Bertz CT molecular complexity index is 590. The van der Waals surface area contributed by atoms with Gasteiger partial charge in [-0.1, -0.05) is 17.7 Å². The quantitative estimate of drug-likeness (QED) is 0.505. The van der Waals surface area contributed by atoms with Crippen molar-refractivity contribution in [2.45, 2.75) is 13.0 Å². The first kappa shape index (κ1) is 14.4. The van der Waals surface area contributed by atoms with E-state index in [-0.39, 0.29) is 10.7 Å². The van der Waals surface area contributed by atoms with E-state index in [1.54, 1.807) is 24.5 Å². The summed E-state index contributed by atoms with van der Waals surface area (Å²) in [4.78, 5) is 14.3. The van der Waals surface area contributed by atoms with Crippen molar-refractivity contribution in [1.82, 2.24) is 10.3 Å². The molecule has 1 aromatic heterocycles. The van der Waals surface area contributed by atoms with Crippen molar-refractivity contribution in [3.63, 3.8) is 0 Å². The Morgan fingerprint density at radius 2 is 1.95 bits per heavy atom. The second-order valence-corrected chi connectivity index (χ2v) is 4.73. The van der Waals surface area contributed by atoms with Crippen LogP contribution < -0.4 is 5.32 Å². The SMILES string of the molecule is O=[N+]([O-])c1cc(CNCCc2ccncc2)ccc1Cl. The van der Waals surface area contributed by atoms with Gasteiger partial charge >= 0.3 is 0 Å². The Morgan fingerprint density at radius 1 is 1.20 bits per heavy atom. The summed E-state index contributed by atoms with van der Waals surface area (Å²) >= 11 is 5.76. The Hall–Kier alpha value is -1.98. The van der Waals surface area contributed by atoms with Gasteiger partial charge < -0.3 is 5.32 Å². The van der Waals surface area contributed by atoms with Crippen LogP contribution in [-0.4, -0.2) is 16.5 Å². The first-order chi connectivity index (χ1) is 9.66. The molecule has 0 amide bonds. The number of nitrogens with zero attached hydrogens (tertiary/aromatic N) is 2. The highest BCUT2D eigenvalue weighted by atomic mass is 35.5. The van der Waals surface area contributed by atoms with E-state index in [4.69, 9.17) is 11.6 Å². The predicted octanol–water partition coefficient (Wildman–Crippen LogP) is 2.98. The molecule has 1 aromatic carbocycles. The third-order valence-electron chi connectivity index (χ3n) is 2.88. The number of nitrogens with one attached hydrogen (secondary N) is 1. The van der Waals surface area contributed by atoms with Crippen LogP contribution in [0.5, 0.6) is 0 Å². The second-order valence-electron chi connectivity index (χ2n) is 4.33. The van der Waals surface area contributed by atoms with Crippen molar-refractivity contribution >= 4 is 17.3 Å². The molecule has 0 atom stereocenters. The van der Waals surface area contributed by atoms with Gasteiger partial charge in [0, 0.05) is 25.0 Å². The zero-order valence-electron chi connectivity index (χ0n) is 10.8. The molecule has 0 fully saturated rings. The fourth-order valence-corrected chi connectivity index (χ4v) is 2.01. The van der Waals surface area contributed by atoms with Crippen molar-refractivity contribution in [2.75, 3.05) is 6.54 Å². The van der Waals surface area contributed by atoms with Gasteiger partial charge in [0.1, 0.15) is 5.02 Å². The molecule has 0 aliphatic heterocycles. The molecule has 0 saturated carbocycles. The number of rotatable bonds is 6. The van der Waals surface area contributed by atoms with E-state index < -0.39 is 4.92 Å². The maximum atomic E-state index is 10.8. The number of aromatic nitrogens is 1. The summed E-state index contributed by atoms with van der Waals surface area (Å²) in [5, 5.41) is 14.2. The van der Waals surface area contributed by atoms with Crippen LogP contribution in [0.4, 0.5) is 5.69 Å². The zero-order valence-corrected chi connectivity index (χ0v) is 11.5. The first-order valence-electron chi connectivity index (χ1n) is 6.19. The fourth-order valence-electron chi connectivity index (χ4n) is 1.82. The van der Waals surface area contributed by atoms with Gasteiger partial charge in [0.2, 0.25) is 0 Å². The van der Waals surface area contributed by atoms with Gasteiger partial charge in [0.15, 0.2) is 0 Å². The minimum Gasteiger partial charge on any atom is -0.312 e. The van der Waals surface area contributed by atoms with Crippen LogP contribution in [0.2, 0.25) is 5.02 Å². The lowest BCUT2D eigenvalue weighted by atomic mass is 10.2.